The number of ether oxygens (including phenoxy) is 1. The summed E-state index contributed by atoms with van der Waals surface area (Å²) in [6, 6.07) is 6.80. The summed E-state index contributed by atoms with van der Waals surface area (Å²) < 4.78 is 5.45. The first-order valence-corrected chi connectivity index (χ1v) is 7.16. The number of hydrogen-bond acceptors (Lipinski definition) is 4. The fourth-order valence-corrected chi connectivity index (χ4v) is 2.42. The molecule has 1 aliphatic rings. The predicted octanol–water partition coefficient (Wildman–Crippen LogP) is 2.37. The second-order valence-electron chi connectivity index (χ2n) is 6.22. The Labute approximate surface area is 130 Å². The Hall–Kier alpha value is -2.08. The molecule has 0 saturated heterocycles. The zero-order valence-electron chi connectivity index (χ0n) is 13.6. The van der Waals surface area contributed by atoms with E-state index in [-0.39, 0.29) is 5.91 Å². The lowest BCUT2D eigenvalue weighted by molar-refractivity contribution is -0.170. The van der Waals surface area contributed by atoms with Crippen molar-refractivity contribution in [3.63, 3.8) is 0 Å². The van der Waals surface area contributed by atoms with E-state index in [9.17, 15) is 9.59 Å². The first-order chi connectivity index (χ1) is 10.2. The predicted molar refractivity (Wildman–Crippen MR) is 82.4 cm³/mol. The SMILES string of the molecule is CON(C)C(=O)[C@@H]1Cc2ccccc2N1C(=O)OC(C)(C)C. The Kier molecular flexibility index (Phi) is 4.42. The summed E-state index contributed by atoms with van der Waals surface area (Å²) in [6.45, 7) is 5.39. The van der Waals surface area contributed by atoms with Crippen LogP contribution in [0.25, 0.3) is 0 Å². The summed E-state index contributed by atoms with van der Waals surface area (Å²) in [5.41, 5.74) is 1.02. The molecule has 22 heavy (non-hydrogen) atoms. The number of hydrogen-bond donors (Lipinski definition) is 0. The van der Waals surface area contributed by atoms with E-state index in [2.05, 4.69) is 0 Å². The van der Waals surface area contributed by atoms with Crippen LogP contribution in [0.3, 0.4) is 0 Å². The molecule has 0 aliphatic carbocycles. The van der Waals surface area contributed by atoms with Crippen LogP contribution in [0.5, 0.6) is 0 Å². The lowest BCUT2D eigenvalue weighted by Gasteiger charge is -2.29. The van der Waals surface area contributed by atoms with Crippen molar-refractivity contribution in [2.75, 3.05) is 19.1 Å². The van der Waals surface area contributed by atoms with E-state index in [1.54, 1.807) is 20.8 Å². The number of benzene rings is 1. The van der Waals surface area contributed by atoms with Crippen LogP contribution >= 0.6 is 0 Å². The second kappa shape index (κ2) is 5.96. The molecule has 0 radical (unpaired) electrons. The monoisotopic (exact) mass is 306 g/mol. The first-order valence-electron chi connectivity index (χ1n) is 7.16. The van der Waals surface area contributed by atoms with E-state index < -0.39 is 17.7 Å². The first kappa shape index (κ1) is 16.3. The molecular formula is C16H22N2O4. The molecule has 0 unspecified atom stereocenters. The van der Waals surface area contributed by atoms with Crippen molar-refractivity contribution in [2.45, 2.75) is 38.8 Å². The van der Waals surface area contributed by atoms with Crippen LogP contribution in [0, 0.1) is 0 Å². The molecule has 1 atom stereocenters. The fraction of sp³-hybridized carbons (Fsp3) is 0.500. The molecule has 0 saturated carbocycles. The molecule has 2 rings (SSSR count). The van der Waals surface area contributed by atoms with Crippen molar-refractivity contribution in [2.24, 2.45) is 0 Å². The summed E-state index contributed by atoms with van der Waals surface area (Å²) >= 11 is 0. The highest BCUT2D eigenvalue weighted by molar-refractivity contribution is 6.00. The van der Waals surface area contributed by atoms with Crippen molar-refractivity contribution in [3.05, 3.63) is 29.8 Å². The zero-order chi connectivity index (χ0) is 16.5. The third kappa shape index (κ3) is 3.22. The van der Waals surface area contributed by atoms with Gasteiger partial charge in [-0.15, -0.1) is 0 Å². The van der Waals surface area contributed by atoms with Gasteiger partial charge in [-0.2, -0.15) is 0 Å². The van der Waals surface area contributed by atoms with Gasteiger partial charge in [-0.3, -0.25) is 14.5 Å². The smallest absolute Gasteiger partial charge is 0.415 e. The molecule has 0 aromatic heterocycles. The third-order valence-corrected chi connectivity index (χ3v) is 3.44. The van der Waals surface area contributed by atoms with Crippen LogP contribution in [-0.2, 0) is 20.8 Å². The Morgan fingerprint density at radius 1 is 1.27 bits per heavy atom. The number of para-hydroxylation sites is 1. The minimum atomic E-state index is -0.655. The van der Waals surface area contributed by atoms with Crippen LogP contribution in [-0.4, -0.2) is 42.9 Å². The number of fused-ring (bicyclic) bond motifs is 1. The van der Waals surface area contributed by atoms with Gasteiger partial charge in [0.1, 0.15) is 11.6 Å². The van der Waals surface area contributed by atoms with Gasteiger partial charge in [0.2, 0.25) is 0 Å². The Balaban J connectivity index is 2.35. The highest BCUT2D eigenvalue weighted by atomic mass is 16.7. The molecular weight excluding hydrogens is 284 g/mol. The number of hydroxylamine groups is 2. The van der Waals surface area contributed by atoms with Crippen molar-refractivity contribution < 1.29 is 19.2 Å². The minimum absolute atomic E-state index is 0.287. The van der Waals surface area contributed by atoms with Gasteiger partial charge in [0.15, 0.2) is 0 Å². The van der Waals surface area contributed by atoms with Gasteiger partial charge in [0.05, 0.1) is 12.8 Å². The van der Waals surface area contributed by atoms with Crippen molar-refractivity contribution in [1.82, 2.24) is 5.06 Å². The quantitative estimate of drug-likeness (QED) is 0.787. The zero-order valence-corrected chi connectivity index (χ0v) is 13.6. The number of carbonyl (C=O) groups excluding carboxylic acids is 2. The van der Waals surface area contributed by atoms with E-state index in [0.29, 0.717) is 12.1 Å². The van der Waals surface area contributed by atoms with E-state index in [4.69, 9.17) is 9.57 Å². The van der Waals surface area contributed by atoms with Gasteiger partial charge in [-0.25, -0.2) is 9.86 Å². The molecule has 0 fully saturated rings. The molecule has 0 N–H and O–H groups in total. The lowest BCUT2D eigenvalue weighted by Crippen LogP contribution is -2.49. The van der Waals surface area contributed by atoms with Gasteiger partial charge < -0.3 is 4.74 Å². The van der Waals surface area contributed by atoms with Gasteiger partial charge in [0, 0.05) is 13.5 Å². The summed E-state index contributed by atoms with van der Waals surface area (Å²) in [7, 11) is 2.94. The normalized spacial score (nSPS) is 17.1. The summed E-state index contributed by atoms with van der Waals surface area (Å²) in [6.07, 6.45) is -0.0811. The summed E-state index contributed by atoms with van der Waals surface area (Å²) in [5.74, 6) is -0.287. The standard InChI is InChI=1S/C16H22N2O4/c1-16(2,3)22-15(20)18-12-9-7-6-8-11(12)10-13(18)14(19)17(4)21-5/h6-9,13H,10H2,1-5H3/t13-/m0/s1. The van der Waals surface area contributed by atoms with E-state index in [0.717, 1.165) is 10.6 Å². The molecule has 2 amide bonds. The molecule has 0 bridgehead atoms. The number of rotatable bonds is 2. The Morgan fingerprint density at radius 2 is 1.91 bits per heavy atom. The maximum absolute atomic E-state index is 12.5. The highest BCUT2D eigenvalue weighted by Crippen LogP contribution is 2.34. The topological polar surface area (TPSA) is 59.1 Å². The lowest BCUT2D eigenvalue weighted by atomic mass is 10.1. The largest absolute Gasteiger partial charge is 0.443 e. The molecule has 1 aliphatic heterocycles. The van der Waals surface area contributed by atoms with Gasteiger partial charge in [-0.1, -0.05) is 18.2 Å². The van der Waals surface area contributed by atoms with E-state index >= 15 is 0 Å². The van der Waals surface area contributed by atoms with Gasteiger partial charge in [0.25, 0.3) is 5.91 Å². The van der Waals surface area contributed by atoms with E-state index in [1.165, 1.54) is 19.1 Å². The van der Waals surface area contributed by atoms with Gasteiger partial charge in [-0.05, 0) is 32.4 Å². The number of nitrogens with zero attached hydrogens (tertiary/aromatic N) is 2. The van der Waals surface area contributed by atoms with Crippen molar-refractivity contribution >= 4 is 17.7 Å². The Bertz CT molecular complexity index is 580. The molecule has 1 heterocycles. The van der Waals surface area contributed by atoms with Crippen LogP contribution in [0.4, 0.5) is 10.5 Å². The van der Waals surface area contributed by atoms with Crippen LogP contribution < -0.4 is 4.90 Å². The molecule has 6 nitrogen and oxygen atoms in total. The molecule has 0 spiro atoms. The fourth-order valence-electron chi connectivity index (χ4n) is 2.42. The molecule has 120 valence electrons. The average molecular weight is 306 g/mol. The third-order valence-electron chi connectivity index (χ3n) is 3.44. The van der Waals surface area contributed by atoms with E-state index in [1.807, 2.05) is 24.3 Å². The van der Waals surface area contributed by atoms with Crippen molar-refractivity contribution in [1.29, 1.82) is 0 Å². The molecule has 1 aromatic carbocycles. The maximum atomic E-state index is 12.5. The Morgan fingerprint density at radius 3 is 2.50 bits per heavy atom. The second-order valence-corrected chi connectivity index (χ2v) is 6.22. The summed E-state index contributed by atoms with van der Waals surface area (Å²) in [4.78, 5) is 31.4. The molecule has 6 heteroatoms. The minimum Gasteiger partial charge on any atom is -0.443 e. The number of anilines is 1. The number of likely N-dealkylation sites (N-methyl/N-ethyl adjacent to an activating group) is 1. The van der Waals surface area contributed by atoms with Crippen LogP contribution in [0.1, 0.15) is 26.3 Å². The maximum Gasteiger partial charge on any atom is 0.415 e. The van der Waals surface area contributed by atoms with Crippen LogP contribution in [0.2, 0.25) is 0 Å². The van der Waals surface area contributed by atoms with Gasteiger partial charge >= 0.3 is 6.09 Å². The molecule has 1 aromatic rings. The number of carbonyl (C=O) groups is 2. The summed E-state index contributed by atoms with van der Waals surface area (Å²) in [5, 5.41) is 1.13. The van der Waals surface area contributed by atoms with Crippen LogP contribution in [0.15, 0.2) is 24.3 Å². The van der Waals surface area contributed by atoms with Crippen molar-refractivity contribution in [3.8, 4) is 0 Å². The average Bonchev–Trinajstić information content (AvgIpc) is 2.83. The highest BCUT2D eigenvalue weighted by Gasteiger charge is 2.41. The number of amides is 2.